The molecule has 1 rings (SSSR count). The van der Waals surface area contributed by atoms with Gasteiger partial charge in [-0.2, -0.15) is 0 Å². The Hall–Kier alpha value is -2.24. The van der Waals surface area contributed by atoms with Gasteiger partial charge in [0.15, 0.2) is 5.56 Å². The van der Waals surface area contributed by atoms with Crippen LogP contribution in [0.15, 0.2) is 18.7 Å². The second-order valence-electron chi connectivity index (χ2n) is 4.86. The minimum atomic E-state index is -1.06. The minimum absolute atomic E-state index is 0.219. The molecule has 0 aliphatic heterocycles. The summed E-state index contributed by atoms with van der Waals surface area (Å²) in [5, 5.41) is 10.9. The first kappa shape index (κ1) is 14.8. The van der Waals surface area contributed by atoms with E-state index in [9.17, 15) is 19.3 Å². The highest BCUT2D eigenvalue weighted by Gasteiger charge is 2.29. The van der Waals surface area contributed by atoms with Gasteiger partial charge in [-0.05, 0) is 32.4 Å². The fourth-order valence-electron chi connectivity index (χ4n) is 1.41. The molecule has 102 valence electrons. The number of hydrogen-bond donors (Lipinski definition) is 0. The summed E-state index contributed by atoms with van der Waals surface area (Å²) in [6.45, 7) is 8.17. The first-order valence-electron chi connectivity index (χ1n) is 5.49. The lowest BCUT2D eigenvalue weighted by Gasteiger charge is -2.19. The summed E-state index contributed by atoms with van der Waals surface area (Å²) in [5.74, 6) is -2.06. The van der Waals surface area contributed by atoms with Crippen LogP contribution >= 0.6 is 0 Å². The quantitative estimate of drug-likeness (QED) is 0.478. The number of rotatable bonds is 3. The number of ether oxygens (including phenoxy) is 1. The second kappa shape index (κ2) is 5.17. The van der Waals surface area contributed by atoms with Crippen LogP contribution in [0.3, 0.4) is 0 Å². The van der Waals surface area contributed by atoms with E-state index in [1.807, 2.05) is 0 Å². The van der Waals surface area contributed by atoms with Crippen molar-refractivity contribution in [2.45, 2.75) is 26.4 Å². The standard InChI is InChI=1S/C13H14FNO4/c1-5-8-6-9(14)11(10(7-8)15(17)18)12(16)19-13(2,3)4/h5-7H,1H2,2-4H3. The molecule has 0 saturated heterocycles. The van der Waals surface area contributed by atoms with E-state index in [1.54, 1.807) is 20.8 Å². The monoisotopic (exact) mass is 267 g/mol. The number of nitrogens with zero attached hydrogens (tertiary/aromatic N) is 1. The van der Waals surface area contributed by atoms with Gasteiger partial charge in [0.2, 0.25) is 0 Å². The van der Waals surface area contributed by atoms with Gasteiger partial charge in [0.05, 0.1) is 4.92 Å². The Bertz CT molecular complexity index is 546. The SMILES string of the molecule is C=Cc1cc(F)c(C(=O)OC(C)(C)C)c([N+](=O)[O-])c1. The molecule has 0 spiro atoms. The third-order valence-electron chi connectivity index (χ3n) is 2.13. The Morgan fingerprint density at radius 2 is 2.05 bits per heavy atom. The zero-order valence-electron chi connectivity index (χ0n) is 10.9. The average Bonchev–Trinajstić information content (AvgIpc) is 2.24. The summed E-state index contributed by atoms with van der Waals surface area (Å²) in [4.78, 5) is 21.9. The molecule has 1 aromatic carbocycles. The molecule has 0 saturated carbocycles. The Balaban J connectivity index is 3.37. The molecule has 0 aromatic heterocycles. The first-order chi connectivity index (χ1) is 8.65. The maximum absolute atomic E-state index is 13.8. The topological polar surface area (TPSA) is 69.4 Å². The summed E-state index contributed by atoms with van der Waals surface area (Å²) < 4.78 is 18.8. The fourth-order valence-corrected chi connectivity index (χ4v) is 1.41. The molecule has 0 amide bonds. The molecule has 0 heterocycles. The molecule has 0 N–H and O–H groups in total. The van der Waals surface area contributed by atoms with Gasteiger partial charge in [-0.25, -0.2) is 9.18 Å². The Morgan fingerprint density at radius 3 is 2.47 bits per heavy atom. The smallest absolute Gasteiger partial charge is 0.348 e. The highest BCUT2D eigenvalue weighted by Crippen LogP contribution is 2.26. The number of carbonyl (C=O) groups is 1. The fraction of sp³-hybridized carbons (Fsp3) is 0.308. The zero-order valence-corrected chi connectivity index (χ0v) is 10.9. The van der Waals surface area contributed by atoms with Crippen LogP contribution in [0.4, 0.5) is 10.1 Å². The molecule has 0 aliphatic carbocycles. The van der Waals surface area contributed by atoms with Crippen molar-refractivity contribution in [3.8, 4) is 0 Å². The van der Waals surface area contributed by atoms with Crippen molar-refractivity contribution in [3.63, 3.8) is 0 Å². The van der Waals surface area contributed by atoms with E-state index >= 15 is 0 Å². The second-order valence-corrected chi connectivity index (χ2v) is 4.86. The van der Waals surface area contributed by atoms with Crippen LogP contribution in [0.1, 0.15) is 36.7 Å². The summed E-state index contributed by atoms with van der Waals surface area (Å²) in [6.07, 6.45) is 1.26. The van der Waals surface area contributed by atoms with Crippen molar-refractivity contribution in [1.82, 2.24) is 0 Å². The number of hydrogen-bond acceptors (Lipinski definition) is 4. The predicted octanol–water partition coefficient (Wildman–Crippen LogP) is 3.33. The van der Waals surface area contributed by atoms with Gasteiger partial charge in [0.1, 0.15) is 11.4 Å². The van der Waals surface area contributed by atoms with Crippen LogP contribution in [0.2, 0.25) is 0 Å². The maximum Gasteiger partial charge on any atom is 0.348 e. The number of halogens is 1. The number of esters is 1. The third-order valence-corrected chi connectivity index (χ3v) is 2.13. The third kappa shape index (κ3) is 3.61. The number of nitro groups is 1. The summed E-state index contributed by atoms with van der Waals surface area (Å²) in [6, 6.07) is 2.08. The van der Waals surface area contributed by atoms with Crippen molar-refractivity contribution >= 4 is 17.7 Å². The van der Waals surface area contributed by atoms with Gasteiger partial charge in [0.25, 0.3) is 5.69 Å². The largest absolute Gasteiger partial charge is 0.456 e. The van der Waals surface area contributed by atoms with Crippen LogP contribution in [-0.4, -0.2) is 16.5 Å². The van der Waals surface area contributed by atoms with Crippen LogP contribution < -0.4 is 0 Å². The summed E-state index contributed by atoms with van der Waals surface area (Å²) in [5.41, 5.74) is -1.96. The van der Waals surface area contributed by atoms with Crippen molar-refractivity contribution in [2.75, 3.05) is 0 Å². The molecule has 0 bridgehead atoms. The number of carbonyl (C=O) groups excluding carboxylic acids is 1. The van der Waals surface area contributed by atoms with Crippen LogP contribution in [0.25, 0.3) is 6.08 Å². The number of benzene rings is 1. The van der Waals surface area contributed by atoms with Crippen molar-refractivity contribution in [2.24, 2.45) is 0 Å². The average molecular weight is 267 g/mol. The molecule has 5 nitrogen and oxygen atoms in total. The summed E-state index contributed by atoms with van der Waals surface area (Å²) in [7, 11) is 0. The van der Waals surface area contributed by atoms with Crippen molar-refractivity contribution < 1.29 is 18.8 Å². The normalized spacial score (nSPS) is 10.9. The molecule has 19 heavy (non-hydrogen) atoms. The van der Waals surface area contributed by atoms with E-state index in [2.05, 4.69) is 6.58 Å². The van der Waals surface area contributed by atoms with E-state index in [-0.39, 0.29) is 5.56 Å². The van der Waals surface area contributed by atoms with Gasteiger partial charge in [-0.1, -0.05) is 12.7 Å². The van der Waals surface area contributed by atoms with Gasteiger partial charge in [-0.15, -0.1) is 0 Å². The van der Waals surface area contributed by atoms with Crippen LogP contribution in [0.5, 0.6) is 0 Å². The molecule has 0 aliphatic rings. The molecule has 0 unspecified atom stereocenters. The molecule has 0 atom stereocenters. The molecular formula is C13H14FNO4. The van der Waals surface area contributed by atoms with E-state index < -0.39 is 33.6 Å². The highest BCUT2D eigenvalue weighted by molar-refractivity contribution is 5.95. The molecule has 0 fully saturated rings. The predicted molar refractivity (Wildman–Crippen MR) is 68.3 cm³/mol. The summed E-state index contributed by atoms with van der Waals surface area (Å²) >= 11 is 0. The van der Waals surface area contributed by atoms with Crippen molar-refractivity contribution in [3.05, 3.63) is 45.8 Å². The lowest BCUT2D eigenvalue weighted by atomic mass is 10.1. The highest BCUT2D eigenvalue weighted by atomic mass is 19.1. The van der Waals surface area contributed by atoms with Crippen molar-refractivity contribution in [1.29, 1.82) is 0 Å². The maximum atomic E-state index is 13.8. The first-order valence-corrected chi connectivity index (χ1v) is 5.49. The van der Waals surface area contributed by atoms with Gasteiger partial charge >= 0.3 is 5.97 Å². The molecular weight excluding hydrogens is 253 g/mol. The Kier molecular flexibility index (Phi) is 4.04. The van der Waals surface area contributed by atoms with Crippen LogP contribution in [-0.2, 0) is 4.74 Å². The molecule has 6 heteroatoms. The van der Waals surface area contributed by atoms with Gasteiger partial charge in [0, 0.05) is 6.07 Å². The zero-order chi connectivity index (χ0) is 14.8. The van der Waals surface area contributed by atoms with E-state index in [0.29, 0.717) is 0 Å². The van der Waals surface area contributed by atoms with E-state index in [4.69, 9.17) is 4.74 Å². The van der Waals surface area contributed by atoms with Gasteiger partial charge in [-0.3, -0.25) is 10.1 Å². The van der Waals surface area contributed by atoms with Gasteiger partial charge < -0.3 is 4.74 Å². The molecule has 1 aromatic rings. The lowest BCUT2D eigenvalue weighted by Crippen LogP contribution is -2.25. The molecule has 0 radical (unpaired) electrons. The Labute approximate surface area is 109 Å². The minimum Gasteiger partial charge on any atom is -0.456 e. The van der Waals surface area contributed by atoms with E-state index in [1.165, 1.54) is 6.08 Å². The Morgan fingerprint density at radius 1 is 1.47 bits per heavy atom. The number of nitro benzene ring substituents is 1. The lowest BCUT2D eigenvalue weighted by molar-refractivity contribution is -0.385. The van der Waals surface area contributed by atoms with Crippen LogP contribution in [0, 0.1) is 15.9 Å². The van der Waals surface area contributed by atoms with E-state index in [0.717, 1.165) is 12.1 Å².